The molecule has 1 aromatic rings. The highest BCUT2D eigenvalue weighted by atomic mass is 14.9. The highest BCUT2D eigenvalue weighted by molar-refractivity contribution is 5.57. The summed E-state index contributed by atoms with van der Waals surface area (Å²) in [5.74, 6) is 0. The summed E-state index contributed by atoms with van der Waals surface area (Å²) < 4.78 is 2.19. The molecule has 1 atom stereocenters. The van der Waals surface area contributed by atoms with E-state index in [1.54, 1.807) is 0 Å². The number of nitrogens with two attached hydrogens (primary N) is 1. The van der Waals surface area contributed by atoms with Gasteiger partial charge in [-0.25, -0.2) is 0 Å². The minimum atomic E-state index is 0.134. The van der Waals surface area contributed by atoms with Gasteiger partial charge in [-0.2, -0.15) is 0 Å². The molecule has 2 heteroatoms. The molecule has 0 amide bonds. The molecule has 0 radical (unpaired) electrons. The molecule has 0 saturated heterocycles. The van der Waals surface area contributed by atoms with Gasteiger partial charge >= 0.3 is 0 Å². The Morgan fingerprint density at radius 2 is 2.07 bits per heavy atom. The number of hydrogen-bond donors (Lipinski definition) is 1. The van der Waals surface area contributed by atoms with Gasteiger partial charge in [-0.3, -0.25) is 0 Å². The number of nitrogens with zero attached hydrogens (tertiary/aromatic N) is 1. The lowest BCUT2D eigenvalue weighted by Crippen LogP contribution is -2.15. The molecular formula is C12H20N2. The average Bonchev–Trinajstić information content (AvgIpc) is 2.33. The first kappa shape index (κ1) is 11.1. The minimum Gasteiger partial charge on any atom is -0.352 e. The van der Waals surface area contributed by atoms with Crippen molar-refractivity contribution in [3.05, 3.63) is 28.6 Å². The van der Waals surface area contributed by atoms with Crippen LogP contribution in [0.15, 0.2) is 11.6 Å². The fraction of sp³-hybridized carbons (Fsp3) is 0.500. The van der Waals surface area contributed by atoms with Crippen LogP contribution >= 0.6 is 0 Å². The van der Waals surface area contributed by atoms with Gasteiger partial charge in [-0.1, -0.05) is 11.6 Å². The van der Waals surface area contributed by atoms with Gasteiger partial charge in [-0.05, 0) is 39.3 Å². The molecule has 14 heavy (non-hydrogen) atoms. The lowest BCUT2D eigenvalue weighted by atomic mass is 10.1. The predicted molar refractivity (Wildman–Crippen MR) is 62.2 cm³/mol. The molecule has 1 rings (SSSR count). The van der Waals surface area contributed by atoms with Crippen LogP contribution in [0.2, 0.25) is 0 Å². The van der Waals surface area contributed by atoms with Crippen LogP contribution < -0.4 is 5.73 Å². The quantitative estimate of drug-likeness (QED) is 0.766. The van der Waals surface area contributed by atoms with E-state index in [2.05, 4.69) is 44.5 Å². The van der Waals surface area contributed by atoms with Crippen LogP contribution in [-0.2, 0) is 7.05 Å². The van der Waals surface area contributed by atoms with E-state index >= 15 is 0 Å². The molecule has 1 heterocycles. The molecule has 1 aromatic heterocycles. The van der Waals surface area contributed by atoms with E-state index in [1.807, 2.05) is 6.92 Å². The minimum absolute atomic E-state index is 0.134. The van der Waals surface area contributed by atoms with Gasteiger partial charge in [0.05, 0.1) is 0 Å². The Kier molecular flexibility index (Phi) is 3.17. The standard InChI is InChI=1S/C12H20N2/c1-8(10(3)13)6-12-7-9(2)14(5)11(12)4/h6-7,10H,13H2,1-5H3/b8-6+. The molecule has 0 saturated carbocycles. The van der Waals surface area contributed by atoms with Crippen molar-refractivity contribution >= 4 is 6.08 Å². The molecule has 0 aliphatic rings. The number of hydrogen-bond acceptors (Lipinski definition) is 1. The van der Waals surface area contributed by atoms with Crippen molar-refractivity contribution in [2.75, 3.05) is 0 Å². The molecule has 1 unspecified atom stereocenters. The van der Waals surface area contributed by atoms with E-state index in [0.29, 0.717) is 0 Å². The SMILES string of the molecule is C/C(=C\c1cc(C)n(C)c1C)C(C)N. The van der Waals surface area contributed by atoms with Crippen LogP contribution in [0.4, 0.5) is 0 Å². The predicted octanol–water partition coefficient (Wildman–Crippen LogP) is 2.39. The Labute approximate surface area is 86.4 Å². The van der Waals surface area contributed by atoms with Gasteiger partial charge in [-0.15, -0.1) is 0 Å². The summed E-state index contributed by atoms with van der Waals surface area (Å²) in [4.78, 5) is 0. The maximum atomic E-state index is 5.80. The first-order valence-electron chi connectivity index (χ1n) is 5.00. The first-order chi connectivity index (χ1) is 6.43. The molecule has 2 nitrogen and oxygen atoms in total. The zero-order valence-electron chi connectivity index (χ0n) is 9.76. The number of aromatic nitrogens is 1. The van der Waals surface area contributed by atoms with Gasteiger partial charge in [0.2, 0.25) is 0 Å². The second kappa shape index (κ2) is 4.01. The van der Waals surface area contributed by atoms with Crippen LogP contribution in [0.25, 0.3) is 6.08 Å². The Hall–Kier alpha value is -1.02. The van der Waals surface area contributed by atoms with Crippen molar-refractivity contribution in [2.24, 2.45) is 12.8 Å². The summed E-state index contributed by atoms with van der Waals surface area (Å²) >= 11 is 0. The van der Waals surface area contributed by atoms with Crippen LogP contribution in [0.3, 0.4) is 0 Å². The summed E-state index contributed by atoms with van der Waals surface area (Å²) in [7, 11) is 2.09. The summed E-state index contributed by atoms with van der Waals surface area (Å²) in [6.07, 6.45) is 2.17. The maximum absolute atomic E-state index is 5.80. The number of rotatable bonds is 2. The summed E-state index contributed by atoms with van der Waals surface area (Å²) in [5, 5.41) is 0. The topological polar surface area (TPSA) is 30.9 Å². The van der Waals surface area contributed by atoms with Crippen LogP contribution in [0.5, 0.6) is 0 Å². The van der Waals surface area contributed by atoms with Crippen LogP contribution in [0, 0.1) is 13.8 Å². The van der Waals surface area contributed by atoms with Gasteiger partial charge in [0.25, 0.3) is 0 Å². The molecule has 0 aliphatic heterocycles. The lowest BCUT2D eigenvalue weighted by Gasteiger charge is -2.05. The second-order valence-electron chi connectivity index (χ2n) is 4.06. The Balaban J connectivity index is 3.09. The van der Waals surface area contributed by atoms with E-state index in [1.165, 1.54) is 22.5 Å². The molecule has 78 valence electrons. The highest BCUT2D eigenvalue weighted by Crippen LogP contribution is 2.17. The Morgan fingerprint density at radius 3 is 2.43 bits per heavy atom. The molecular weight excluding hydrogens is 172 g/mol. The normalized spacial score (nSPS) is 14.6. The molecule has 0 fully saturated rings. The van der Waals surface area contributed by atoms with Gasteiger partial charge in [0.1, 0.15) is 0 Å². The van der Waals surface area contributed by atoms with Gasteiger partial charge in [0.15, 0.2) is 0 Å². The van der Waals surface area contributed by atoms with Crippen molar-refractivity contribution < 1.29 is 0 Å². The summed E-state index contributed by atoms with van der Waals surface area (Å²) in [6, 6.07) is 2.33. The van der Waals surface area contributed by atoms with Gasteiger partial charge < -0.3 is 10.3 Å². The number of aryl methyl sites for hydroxylation is 1. The summed E-state index contributed by atoms with van der Waals surface area (Å²) in [6.45, 7) is 8.34. The monoisotopic (exact) mass is 192 g/mol. The Bertz CT molecular complexity index is 357. The Morgan fingerprint density at radius 1 is 1.50 bits per heavy atom. The third-order valence-electron chi connectivity index (χ3n) is 2.92. The van der Waals surface area contributed by atoms with E-state index < -0.39 is 0 Å². The van der Waals surface area contributed by atoms with Crippen molar-refractivity contribution in [1.29, 1.82) is 0 Å². The first-order valence-corrected chi connectivity index (χ1v) is 5.00. The van der Waals surface area contributed by atoms with E-state index in [-0.39, 0.29) is 6.04 Å². The van der Waals surface area contributed by atoms with Crippen LogP contribution in [-0.4, -0.2) is 10.6 Å². The fourth-order valence-corrected chi connectivity index (χ4v) is 1.41. The lowest BCUT2D eigenvalue weighted by molar-refractivity contribution is 0.842. The van der Waals surface area contributed by atoms with Crippen molar-refractivity contribution in [3.8, 4) is 0 Å². The smallest absolute Gasteiger partial charge is 0.0225 e. The molecule has 2 N–H and O–H groups in total. The zero-order valence-corrected chi connectivity index (χ0v) is 9.76. The van der Waals surface area contributed by atoms with E-state index in [4.69, 9.17) is 5.73 Å². The van der Waals surface area contributed by atoms with E-state index in [9.17, 15) is 0 Å². The van der Waals surface area contributed by atoms with Crippen molar-refractivity contribution in [2.45, 2.75) is 33.7 Å². The van der Waals surface area contributed by atoms with Crippen LogP contribution in [0.1, 0.15) is 30.8 Å². The van der Waals surface area contributed by atoms with Crippen molar-refractivity contribution in [1.82, 2.24) is 4.57 Å². The third-order valence-corrected chi connectivity index (χ3v) is 2.92. The van der Waals surface area contributed by atoms with E-state index in [0.717, 1.165) is 0 Å². The van der Waals surface area contributed by atoms with Crippen molar-refractivity contribution in [3.63, 3.8) is 0 Å². The third kappa shape index (κ3) is 2.07. The largest absolute Gasteiger partial charge is 0.352 e. The fourth-order valence-electron chi connectivity index (χ4n) is 1.41. The molecule has 0 aliphatic carbocycles. The maximum Gasteiger partial charge on any atom is 0.0225 e. The zero-order chi connectivity index (χ0) is 10.9. The highest BCUT2D eigenvalue weighted by Gasteiger charge is 2.04. The molecule has 0 spiro atoms. The molecule has 0 aromatic carbocycles. The second-order valence-corrected chi connectivity index (χ2v) is 4.06. The summed E-state index contributed by atoms with van der Waals surface area (Å²) in [5.41, 5.74) is 10.9. The average molecular weight is 192 g/mol. The molecule has 0 bridgehead atoms. The van der Waals surface area contributed by atoms with Gasteiger partial charge in [0, 0.05) is 24.5 Å².